The second-order valence-electron chi connectivity index (χ2n) is 6.01. The van der Waals surface area contributed by atoms with E-state index in [1.165, 1.54) is 6.92 Å². The number of ketones is 1. The number of Topliss-reactive ketones (excluding diaryl/α,β-unsaturated/α-hetero) is 1. The lowest BCUT2D eigenvalue weighted by molar-refractivity contribution is -0.116. The van der Waals surface area contributed by atoms with Crippen LogP contribution in [0.15, 0.2) is 18.2 Å². The van der Waals surface area contributed by atoms with Gasteiger partial charge in [0.1, 0.15) is 12.0 Å². The van der Waals surface area contributed by atoms with Crippen molar-refractivity contribution in [1.29, 1.82) is 0 Å². The molecule has 1 aromatic rings. The summed E-state index contributed by atoms with van der Waals surface area (Å²) < 4.78 is 5.66. The van der Waals surface area contributed by atoms with Crippen LogP contribution in [0.1, 0.15) is 57.3 Å². The average Bonchev–Trinajstić information content (AvgIpc) is 2.46. The Morgan fingerprint density at radius 3 is 2.58 bits per heavy atom. The molecule has 0 saturated carbocycles. The van der Waals surface area contributed by atoms with E-state index in [-0.39, 0.29) is 24.3 Å². The smallest absolute Gasteiger partial charge is 0.224 e. The second kappa shape index (κ2) is 10.1. The highest BCUT2D eigenvalue weighted by Gasteiger charge is 2.16. The Morgan fingerprint density at radius 1 is 1.29 bits per heavy atom. The summed E-state index contributed by atoms with van der Waals surface area (Å²) in [5, 5.41) is 15.5. The molecule has 1 unspecified atom stereocenters. The zero-order valence-corrected chi connectivity index (χ0v) is 14.9. The third kappa shape index (κ3) is 6.68. The number of hydrogen-bond acceptors (Lipinski definition) is 5. The minimum Gasteiger partial charge on any atom is -0.493 e. The van der Waals surface area contributed by atoms with Gasteiger partial charge in [0.25, 0.3) is 0 Å². The van der Waals surface area contributed by atoms with Gasteiger partial charge in [-0.15, -0.1) is 0 Å². The lowest BCUT2D eigenvalue weighted by Gasteiger charge is -2.17. The molecular weight excluding hydrogens is 308 g/mol. The van der Waals surface area contributed by atoms with Crippen LogP contribution >= 0.6 is 0 Å². The number of rotatable bonds is 10. The molecule has 0 aromatic heterocycles. The Kier molecular flexibility index (Phi) is 8.43. The summed E-state index contributed by atoms with van der Waals surface area (Å²) in [7, 11) is 0. The van der Waals surface area contributed by atoms with Crippen LogP contribution in [0, 0.1) is 0 Å². The molecule has 1 amide bonds. The molecule has 24 heavy (non-hydrogen) atoms. The zero-order chi connectivity index (χ0) is 18.1. The summed E-state index contributed by atoms with van der Waals surface area (Å²) >= 11 is 0. The summed E-state index contributed by atoms with van der Waals surface area (Å²) in [5.74, 6) is 0.0977. The van der Waals surface area contributed by atoms with Crippen LogP contribution in [0.3, 0.4) is 0 Å². The summed E-state index contributed by atoms with van der Waals surface area (Å²) in [5.41, 5.74) is 0.813. The number of aliphatic hydroxyl groups is 1. The van der Waals surface area contributed by atoms with Gasteiger partial charge >= 0.3 is 0 Å². The van der Waals surface area contributed by atoms with Crippen LogP contribution in [0.25, 0.3) is 0 Å². The maximum Gasteiger partial charge on any atom is 0.224 e. The number of anilines is 1. The molecule has 0 spiro atoms. The summed E-state index contributed by atoms with van der Waals surface area (Å²) in [6, 6.07) is 5.28. The molecule has 1 atom stereocenters. The van der Waals surface area contributed by atoms with Gasteiger partial charge in [0.2, 0.25) is 5.91 Å². The van der Waals surface area contributed by atoms with Gasteiger partial charge in [0.05, 0.1) is 17.9 Å². The molecule has 134 valence electrons. The van der Waals surface area contributed by atoms with Crippen molar-refractivity contribution in [2.24, 2.45) is 0 Å². The summed E-state index contributed by atoms with van der Waals surface area (Å²) in [6.07, 6.45) is 0.855. The van der Waals surface area contributed by atoms with Crippen molar-refractivity contribution in [3.63, 3.8) is 0 Å². The summed E-state index contributed by atoms with van der Waals surface area (Å²) in [6.45, 7) is 7.50. The maximum absolute atomic E-state index is 12.0. The van der Waals surface area contributed by atoms with E-state index in [4.69, 9.17) is 4.74 Å². The monoisotopic (exact) mass is 336 g/mol. The molecule has 1 rings (SSSR count). The Bertz CT molecular complexity index is 558. The third-order valence-corrected chi connectivity index (χ3v) is 3.30. The lowest BCUT2D eigenvalue weighted by Crippen LogP contribution is -2.35. The third-order valence-electron chi connectivity index (χ3n) is 3.30. The van der Waals surface area contributed by atoms with Crippen molar-refractivity contribution >= 4 is 17.4 Å². The predicted molar refractivity (Wildman–Crippen MR) is 94.4 cm³/mol. The van der Waals surface area contributed by atoms with E-state index in [2.05, 4.69) is 10.6 Å². The number of aliphatic hydroxyl groups excluding tert-OH is 1. The predicted octanol–water partition coefficient (Wildman–Crippen LogP) is 2.71. The molecule has 1 aromatic carbocycles. The van der Waals surface area contributed by atoms with Crippen molar-refractivity contribution in [2.45, 2.75) is 59.2 Å². The maximum atomic E-state index is 12.0. The number of nitrogens with one attached hydrogen (secondary N) is 2. The van der Waals surface area contributed by atoms with Gasteiger partial charge in [0, 0.05) is 18.9 Å². The summed E-state index contributed by atoms with van der Waals surface area (Å²) in [4.78, 5) is 23.8. The zero-order valence-electron chi connectivity index (χ0n) is 14.9. The number of benzene rings is 1. The Balaban J connectivity index is 2.79. The first kappa shape index (κ1) is 20.1. The molecule has 0 aliphatic rings. The van der Waals surface area contributed by atoms with Gasteiger partial charge in [0.15, 0.2) is 5.78 Å². The highest BCUT2D eigenvalue weighted by Crippen LogP contribution is 2.27. The quantitative estimate of drug-likeness (QED) is 0.452. The Labute approximate surface area is 143 Å². The largest absolute Gasteiger partial charge is 0.493 e. The van der Waals surface area contributed by atoms with E-state index in [1.54, 1.807) is 18.2 Å². The van der Waals surface area contributed by atoms with Crippen LogP contribution in [-0.2, 0) is 4.79 Å². The molecule has 0 heterocycles. The van der Waals surface area contributed by atoms with Crippen molar-refractivity contribution < 1.29 is 19.4 Å². The van der Waals surface area contributed by atoms with Gasteiger partial charge in [-0.1, -0.05) is 13.0 Å². The molecule has 0 saturated heterocycles. The standard InChI is InChI=1S/C18H28N2O4/c1-5-7-16(22)20-14-8-6-9-15(18(14)13(4)21)24-11-10-17(23)19-12(2)3/h6,8-9,12,17,19,23H,5,7,10-11H2,1-4H3,(H,20,22). The SMILES string of the molecule is CCCC(=O)Nc1cccc(OCCC(O)NC(C)C)c1C(C)=O. The first-order valence-electron chi connectivity index (χ1n) is 8.35. The molecule has 0 bridgehead atoms. The highest BCUT2D eigenvalue weighted by molar-refractivity contribution is 6.05. The lowest BCUT2D eigenvalue weighted by atomic mass is 10.1. The average molecular weight is 336 g/mol. The molecule has 0 radical (unpaired) electrons. The topological polar surface area (TPSA) is 87.7 Å². The van der Waals surface area contributed by atoms with E-state index in [1.807, 2.05) is 20.8 Å². The van der Waals surface area contributed by atoms with Crippen LogP contribution in [0.5, 0.6) is 5.75 Å². The van der Waals surface area contributed by atoms with Gasteiger partial charge in [-0.25, -0.2) is 0 Å². The fourth-order valence-electron chi connectivity index (χ4n) is 2.31. The normalized spacial score (nSPS) is 12.1. The van der Waals surface area contributed by atoms with Gasteiger partial charge in [-0.2, -0.15) is 0 Å². The van der Waals surface area contributed by atoms with E-state index >= 15 is 0 Å². The number of amides is 1. The van der Waals surface area contributed by atoms with Crippen molar-refractivity contribution in [3.05, 3.63) is 23.8 Å². The fourth-order valence-corrected chi connectivity index (χ4v) is 2.31. The Morgan fingerprint density at radius 2 is 2.00 bits per heavy atom. The molecular formula is C18H28N2O4. The van der Waals surface area contributed by atoms with Crippen LogP contribution in [0.2, 0.25) is 0 Å². The van der Waals surface area contributed by atoms with E-state index < -0.39 is 6.23 Å². The highest BCUT2D eigenvalue weighted by atomic mass is 16.5. The van der Waals surface area contributed by atoms with Crippen molar-refractivity contribution in [3.8, 4) is 5.75 Å². The van der Waals surface area contributed by atoms with Crippen LogP contribution in [0.4, 0.5) is 5.69 Å². The minimum atomic E-state index is -0.668. The number of hydrogen-bond donors (Lipinski definition) is 3. The minimum absolute atomic E-state index is 0.131. The van der Waals surface area contributed by atoms with E-state index in [0.717, 1.165) is 6.42 Å². The molecule has 6 heteroatoms. The van der Waals surface area contributed by atoms with Crippen molar-refractivity contribution in [2.75, 3.05) is 11.9 Å². The van der Waals surface area contributed by atoms with E-state index in [9.17, 15) is 14.7 Å². The van der Waals surface area contributed by atoms with Gasteiger partial charge < -0.3 is 15.2 Å². The van der Waals surface area contributed by atoms with Gasteiger partial charge in [-0.05, 0) is 39.3 Å². The molecule has 3 N–H and O–H groups in total. The number of ether oxygens (including phenoxy) is 1. The second-order valence-corrected chi connectivity index (χ2v) is 6.01. The molecule has 6 nitrogen and oxygen atoms in total. The van der Waals surface area contributed by atoms with Crippen LogP contribution in [-0.4, -0.2) is 35.7 Å². The Hall–Kier alpha value is -1.92. The molecule has 0 fully saturated rings. The fraction of sp³-hybridized carbons (Fsp3) is 0.556. The number of carbonyl (C=O) groups excluding carboxylic acids is 2. The first-order valence-corrected chi connectivity index (χ1v) is 8.35. The molecule has 0 aliphatic carbocycles. The molecule has 0 aliphatic heterocycles. The van der Waals surface area contributed by atoms with E-state index in [0.29, 0.717) is 29.8 Å². The number of carbonyl (C=O) groups is 2. The van der Waals surface area contributed by atoms with Crippen molar-refractivity contribution in [1.82, 2.24) is 5.32 Å². The van der Waals surface area contributed by atoms with Crippen LogP contribution < -0.4 is 15.4 Å². The van der Waals surface area contributed by atoms with Gasteiger partial charge in [-0.3, -0.25) is 14.9 Å². The first-order chi connectivity index (χ1) is 11.3.